The number of furan rings is 1. The summed E-state index contributed by atoms with van der Waals surface area (Å²) >= 11 is 0. The van der Waals surface area contributed by atoms with Gasteiger partial charge in [0, 0.05) is 24.1 Å². The summed E-state index contributed by atoms with van der Waals surface area (Å²) in [7, 11) is 1.75. The number of nitrogens with one attached hydrogen (secondary N) is 1. The van der Waals surface area contributed by atoms with Gasteiger partial charge in [0.2, 0.25) is 5.91 Å². The van der Waals surface area contributed by atoms with Gasteiger partial charge in [-0.25, -0.2) is 0 Å². The third-order valence-corrected chi connectivity index (χ3v) is 4.00. The first-order chi connectivity index (χ1) is 11.0. The van der Waals surface area contributed by atoms with Crippen LogP contribution in [0.4, 0.5) is 0 Å². The number of H-pyrrole nitrogens is 1. The Balaban J connectivity index is 0.00000208. The second-order valence-electron chi connectivity index (χ2n) is 5.88. The predicted molar refractivity (Wildman–Crippen MR) is 97.1 cm³/mol. The van der Waals surface area contributed by atoms with Gasteiger partial charge in [-0.15, -0.1) is 12.4 Å². The molecule has 3 N–H and O–H groups in total. The number of rotatable bonds is 5. The summed E-state index contributed by atoms with van der Waals surface area (Å²) in [4.78, 5) is 17.3. The largest absolute Gasteiger partial charge is 0.464 e. The smallest absolute Gasteiger partial charge is 0.239 e. The Morgan fingerprint density at radius 3 is 2.75 bits per heavy atom. The molecular formula is C18H22ClN3O2. The number of aromatic amines is 1. The molecule has 1 amide bonds. The van der Waals surface area contributed by atoms with Gasteiger partial charge in [-0.3, -0.25) is 4.79 Å². The van der Waals surface area contributed by atoms with Crippen LogP contribution in [0.3, 0.4) is 0 Å². The number of para-hydroxylation sites is 1. The molecule has 1 aromatic carbocycles. The summed E-state index contributed by atoms with van der Waals surface area (Å²) in [6.07, 6.45) is 2.43. The first kappa shape index (κ1) is 18.1. The van der Waals surface area contributed by atoms with Crippen molar-refractivity contribution in [2.24, 2.45) is 5.73 Å². The quantitative estimate of drug-likeness (QED) is 0.745. The first-order valence-corrected chi connectivity index (χ1v) is 7.65. The summed E-state index contributed by atoms with van der Waals surface area (Å²) in [6.45, 7) is 2.31. The number of hydrogen-bond acceptors (Lipinski definition) is 3. The van der Waals surface area contributed by atoms with Gasteiger partial charge in [-0.05, 0) is 37.1 Å². The van der Waals surface area contributed by atoms with Crippen molar-refractivity contribution in [1.82, 2.24) is 9.88 Å². The lowest BCUT2D eigenvalue weighted by Crippen LogP contribution is -2.42. The SMILES string of the molecule is Cc1ccc(CN(C)C(=O)[C@@H](N)Cc2c[nH]c3ccccc23)o1.Cl. The molecule has 1 atom stereocenters. The molecule has 0 saturated carbocycles. The number of halogens is 1. The molecule has 0 aliphatic heterocycles. The molecule has 24 heavy (non-hydrogen) atoms. The Morgan fingerprint density at radius 2 is 2.04 bits per heavy atom. The van der Waals surface area contributed by atoms with Crippen LogP contribution in [0.1, 0.15) is 17.1 Å². The number of carbonyl (C=O) groups excluding carboxylic acids is 1. The number of nitrogens with zero attached hydrogens (tertiary/aromatic N) is 1. The summed E-state index contributed by atoms with van der Waals surface area (Å²) in [5.74, 6) is 1.51. The molecule has 0 unspecified atom stereocenters. The highest BCUT2D eigenvalue weighted by Gasteiger charge is 2.20. The lowest BCUT2D eigenvalue weighted by atomic mass is 10.0. The van der Waals surface area contributed by atoms with Gasteiger partial charge in [-0.2, -0.15) is 0 Å². The highest BCUT2D eigenvalue weighted by molar-refractivity contribution is 5.86. The highest BCUT2D eigenvalue weighted by atomic mass is 35.5. The van der Waals surface area contributed by atoms with E-state index in [-0.39, 0.29) is 18.3 Å². The van der Waals surface area contributed by atoms with Crippen LogP contribution in [0.5, 0.6) is 0 Å². The molecule has 3 rings (SSSR count). The minimum absolute atomic E-state index is 0. The van der Waals surface area contributed by atoms with Crippen molar-refractivity contribution in [3.8, 4) is 0 Å². The summed E-state index contributed by atoms with van der Waals surface area (Å²) < 4.78 is 5.51. The van der Waals surface area contributed by atoms with Gasteiger partial charge in [0.25, 0.3) is 0 Å². The molecule has 0 spiro atoms. The number of likely N-dealkylation sites (N-methyl/N-ethyl adjacent to an activating group) is 1. The van der Waals surface area contributed by atoms with Crippen molar-refractivity contribution in [2.45, 2.75) is 25.9 Å². The standard InChI is InChI=1S/C18H21N3O2.ClH/c1-12-7-8-14(23-12)11-21(2)18(22)16(19)9-13-10-20-17-6-4-3-5-15(13)17;/h3-8,10,16,20H,9,11,19H2,1-2H3;1H/t16-;/m0./s1. The van der Waals surface area contributed by atoms with Crippen molar-refractivity contribution in [3.63, 3.8) is 0 Å². The maximum atomic E-state index is 12.5. The van der Waals surface area contributed by atoms with Crippen molar-refractivity contribution in [1.29, 1.82) is 0 Å². The zero-order valence-electron chi connectivity index (χ0n) is 13.8. The number of amides is 1. The maximum absolute atomic E-state index is 12.5. The number of fused-ring (bicyclic) bond motifs is 1. The van der Waals surface area contributed by atoms with E-state index in [0.717, 1.165) is 28.0 Å². The zero-order valence-corrected chi connectivity index (χ0v) is 14.6. The van der Waals surface area contributed by atoms with Crippen LogP contribution in [0, 0.1) is 6.92 Å². The number of aromatic nitrogens is 1. The molecule has 6 heteroatoms. The van der Waals surface area contributed by atoms with E-state index in [1.807, 2.05) is 49.5 Å². The fourth-order valence-electron chi connectivity index (χ4n) is 2.79. The van der Waals surface area contributed by atoms with E-state index in [0.29, 0.717) is 13.0 Å². The van der Waals surface area contributed by atoms with Gasteiger partial charge >= 0.3 is 0 Å². The van der Waals surface area contributed by atoms with E-state index >= 15 is 0 Å². The highest BCUT2D eigenvalue weighted by Crippen LogP contribution is 2.19. The van der Waals surface area contributed by atoms with Crippen molar-refractivity contribution >= 4 is 29.2 Å². The van der Waals surface area contributed by atoms with Crippen molar-refractivity contribution in [3.05, 3.63) is 59.7 Å². The molecule has 5 nitrogen and oxygen atoms in total. The molecule has 0 bridgehead atoms. The van der Waals surface area contributed by atoms with Crippen LogP contribution in [0.25, 0.3) is 10.9 Å². The van der Waals surface area contributed by atoms with Crippen LogP contribution >= 0.6 is 12.4 Å². The monoisotopic (exact) mass is 347 g/mol. The number of carbonyl (C=O) groups is 1. The molecule has 0 saturated heterocycles. The zero-order chi connectivity index (χ0) is 16.4. The van der Waals surface area contributed by atoms with E-state index in [4.69, 9.17) is 10.2 Å². The second-order valence-corrected chi connectivity index (χ2v) is 5.88. The lowest BCUT2D eigenvalue weighted by Gasteiger charge is -2.20. The Hall–Kier alpha value is -2.24. The fraction of sp³-hybridized carbons (Fsp3) is 0.278. The maximum Gasteiger partial charge on any atom is 0.239 e. The molecule has 0 fully saturated rings. The molecule has 2 heterocycles. The third-order valence-electron chi connectivity index (χ3n) is 4.00. The molecule has 2 aromatic heterocycles. The van der Waals surface area contributed by atoms with Crippen LogP contribution in [0.15, 0.2) is 47.0 Å². The predicted octanol–water partition coefficient (Wildman–Crippen LogP) is 3.02. The normalized spacial score (nSPS) is 12.0. The second kappa shape index (κ2) is 7.55. The van der Waals surface area contributed by atoms with Gasteiger partial charge in [0.1, 0.15) is 11.5 Å². The molecule has 0 aliphatic rings. The average Bonchev–Trinajstić information content (AvgIpc) is 3.13. The minimum Gasteiger partial charge on any atom is -0.464 e. The number of aryl methyl sites for hydroxylation is 1. The molecule has 3 aromatic rings. The first-order valence-electron chi connectivity index (χ1n) is 7.65. The number of benzene rings is 1. The van der Waals surface area contributed by atoms with E-state index in [1.165, 1.54) is 0 Å². The Bertz CT molecular complexity index is 824. The summed E-state index contributed by atoms with van der Waals surface area (Å²) in [6, 6.07) is 11.2. The van der Waals surface area contributed by atoms with Crippen LogP contribution in [-0.2, 0) is 17.8 Å². The fourth-order valence-corrected chi connectivity index (χ4v) is 2.79. The third kappa shape index (κ3) is 3.80. The minimum atomic E-state index is -0.574. The van der Waals surface area contributed by atoms with Crippen LogP contribution in [0.2, 0.25) is 0 Å². The molecule has 0 radical (unpaired) electrons. The average molecular weight is 348 g/mol. The van der Waals surface area contributed by atoms with E-state index in [2.05, 4.69) is 4.98 Å². The number of hydrogen-bond donors (Lipinski definition) is 2. The summed E-state index contributed by atoms with van der Waals surface area (Å²) in [5, 5.41) is 1.11. The number of nitrogens with two attached hydrogens (primary N) is 1. The van der Waals surface area contributed by atoms with Gasteiger partial charge < -0.3 is 20.0 Å². The van der Waals surface area contributed by atoms with Crippen LogP contribution < -0.4 is 5.73 Å². The Labute approximate surface area is 147 Å². The van der Waals surface area contributed by atoms with Gasteiger partial charge in [0.15, 0.2) is 0 Å². The Morgan fingerprint density at radius 1 is 1.29 bits per heavy atom. The molecule has 0 aliphatic carbocycles. The van der Waals surface area contributed by atoms with Crippen molar-refractivity contribution in [2.75, 3.05) is 7.05 Å². The van der Waals surface area contributed by atoms with Gasteiger partial charge in [-0.1, -0.05) is 18.2 Å². The van der Waals surface area contributed by atoms with Crippen molar-refractivity contribution < 1.29 is 9.21 Å². The Kier molecular flexibility index (Phi) is 5.70. The van der Waals surface area contributed by atoms with Crippen LogP contribution in [-0.4, -0.2) is 28.9 Å². The topological polar surface area (TPSA) is 75.3 Å². The van der Waals surface area contributed by atoms with E-state index in [9.17, 15) is 4.79 Å². The molecule has 128 valence electrons. The molecular weight excluding hydrogens is 326 g/mol. The van der Waals surface area contributed by atoms with E-state index in [1.54, 1.807) is 11.9 Å². The van der Waals surface area contributed by atoms with E-state index < -0.39 is 6.04 Å². The lowest BCUT2D eigenvalue weighted by molar-refractivity contribution is -0.132. The summed E-state index contributed by atoms with van der Waals surface area (Å²) in [5.41, 5.74) is 8.24. The van der Waals surface area contributed by atoms with Gasteiger partial charge in [0.05, 0.1) is 12.6 Å².